The summed E-state index contributed by atoms with van der Waals surface area (Å²) in [4.78, 5) is 26.0. The van der Waals surface area contributed by atoms with Crippen LogP contribution in [0.15, 0.2) is 24.3 Å². The fourth-order valence-corrected chi connectivity index (χ4v) is 3.50. The van der Waals surface area contributed by atoms with Gasteiger partial charge in [-0.2, -0.15) is 0 Å². The molecule has 23 heavy (non-hydrogen) atoms. The van der Waals surface area contributed by atoms with Crippen LogP contribution in [0.5, 0.6) is 0 Å². The van der Waals surface area contributed by atoms with Gasteiger partial charge in [0.2, 0.25) is 11.8 Å². The van der Waals surface area contributed by atoms with Gasteiger partial charge in [0.05, 0.1) is 6.54 Å². The molecule has 1 aromatic carbocycles. The summed E-state index contributed by atoms with van der Waals surface area (Å²) < 4.78 is 0. The predicted molar refractivity (Wildman–Crippen MR) is 92.7 cm³/mol. The zero-order valence-electron chi connectivity index (χ0n) is 13.2. The van der Waals surface area contributed by atoms with Gasteiger partial charge in [0.25, 0.3) is 0 Å². The molecule has 2 atom stereocenters. The van der Waals surface area contributed by atoms with Crippen molar-refractivity contribution in [3.63, 3.8) is 0 Å². The van der Waals surface area contributed by atoms with E-state index in [2.05, 4.69) is 5.32 Å². The van der Waals surface area contributed by atoms with E-state index >= 15 is 0 Å². The highest BCUT2D eigenvalue weighted by Gasteiger charge is 2.27. The quantitative estimate of drug-likeness (QED) is 0.876. The summed E-state index contributed by atoms with van der Waals surface area (Å²) in [7, 11) is 0. The molecule has 3 N–H and O–H groups in total. The van der Waals surface area contributed by atoms with Crippen LogP contribution in [-0.4, -0.2) is 30.9 Å². The Hall–Kier alpha value is -1.59. The van der Waals surface area contributed by atoms with Crippen LogP contribution in [0, 0.1) is 5.92 Å². The summed E-state index contributed by atoms with van der Waals surface area (Å²) >= 11 is 0. The molecular formula is C17H24ClN3O2. The number of fused-ring (bicyclic) bond motifs is 1. The average molecular weight is 338 g/mol. The summed E-state index contributed by atoms with van der Waals surface area (Å²) in [5.74, 6) is 0.153. The number of rotatable bonds is 4. The maximum atomic E-state index is 12.3. The number of anilines is 1. The first-order valence-corrected chi connectivity index (χ1v) is 8.05. The number of carbonyl (C=O) groups excluding carboxylic acids is 2. The molecule has 126 valence electrons. The van der Waals surface area contributed by atoms with Crippen molar-refractivity contribution < 1.29 is 9.59 Å². The molecular weight excluding hydrogens is 314 g/mol. The van der Waals surface area contributed by atoms with E-state index in [-0.39, 0.29) is 42.7 Å². The first-order chi connectivity index (χ1) is 10.6. The number of halogens is 1. The topological polar surface area (TPSA) is 75.4 Å². The molecule has 6 heteroatoms. The number of nitrogens with zero attached hydrogens (tertiary/aromatic N) is 1. The second-order valence-electron chi connectivity index (χ2n) is 6.26. The Morgan fingerprint density at radius 3 is 2.78 bits per heavy atom. The van der Waals surface area contributed by atoms with Gasteiger partial charge in [-0.15, -0.1) is 12.4 Å². The van der Waals surface area contributed by atoms with E-state index in [4.69, 9.17) is 5.73 Å². The van der Waals surface area contributed by atoms with Crippen molar-refractivity contribution in [3.8, 4) is 0 Å². The smallest absolute Gasteiger partial charge is 0.246 e. The van der Waals surface area contributed by atoms with E-state index in [9.17, 15) is 9.59 Å². The molecule has 0 saturated heterocycles. The molecule has 0 radical (unpaired) electrons. The Morgan fingerprint density at radius 1 is 1.26 bits per heavy atom. The number of benzene rings is 1. The van der Waals surface area contributed by atoms with Crippen LogP contribution < -0.4 is 16.0 Å². The molecule has 5 nitrogen and oxygen atoms in total. The number of nitrogens with two attached hydrogens (primary N) is 1. The van der Waals surface area contributed by atoms with Crippen LogP contribution >= 0.6 is 12.4 Å². The van der Waals surface area contributed by atoms with Gasteiger partial charge in [-0.25, -0.2) is 0 Å². The summed E-state index contributed by atoms with van der Waals surface area (Å²) in [6.07, 6.45) is 4.43. The molecule has 0 bridgehead atoms. The van der Waals surface area contributed by atoms with Crippen LogP contribution in [0.1, 0.15) is 31.2 Å². The maximum absolute atomic E-state index is 12.3. The minimum absolute atomic E-state index is 0. The third-order valence-corrected chi connectivity index (χ3v) is 4.79. The van der Waals surface area contributed by atoms with Crippen molar-refractivity contribution in [2.45, 2.75) is 38.1 Å². The molecule has 1 heterocycles. The van der Waals surface area contributed by atoms with Gasteiger partial charge in [-0.1, -0.05) is 24.6 Å². The fraction of sp³-hybridized carbons (Fsp3) is 0.529. The third kappa shape index (κ3) is 4.03. The molecule has 2 amide bonds. The van der Waals surface area contributed by atoms with Crippen molar-refractivity contribution >= 4 is 29.9 Å². The molecule has 1 saturated carbocycles. The van der Waals surface area contributed by atoms with Crippen LogP contribution in [-0.2, 0) is 16.0 Å². The van der Waals surface area contributed by atoms with E-state index in [0.717, 1.165) is 31.4 Å². The predicted octanol–water partition coefficient (Wildman–Crippen LogP) is 1.63. The van der Waals surface area contributed by atoms with Crippen molar-refractivity contribution in [1.82, 2.24) is 5.32 Å². The number of nitrogens with one attached hydrogen (secondary N) is 1. The molecule has 1 fully saturated rings. The van der Waals surface area contributed by atoms with Crippen LogP contribution in [0.3, 0.4) is 0 Å². The molecule has 0 spiro atoms. The minimum Gasteiger partial charge on any atom is -0.347 e. The molecule has 3 rings (SSSR count). The molecule has 0 aromatic heterocycles. The fourth-order valence-electron chi connectivity index (χ4n) is 3.50. The van der Waals surface area contributed by atoms with Gasteiger partial charge in [-0.05, 0) is 36.8 Å². The zero-order valence-corrected chi connectivity index (χ0v) is 14.0. The molecule has 1 aliphatic carbocycles. The van der Waals surface area contributed by atoms with Gasteiger partial charge in [-0.3, -0.25) is 9.59 Å². The number of carbonyl (C=O) groups is 2. The van der Waals surface area contributed by atoms with Gasteiger partial charge >= 0.3 is 0 Å². The Kier molecular flexibility index (Phi) is 6.02. The van der Waals surface area contributed by atoms with E-state index in [0.29, 0.717) is 13.0 Å². The Morgan fingerprint density at radius 2 is 2.04 bits per heavy atom. The second-order valence-corrected chi connectivity index (χ2v) is 6.26. The second kappa shape index (κ2) is 7.79. The van der Waals surface area contributed by atoms with Crippen LogP contribution in [0.25, 0.3) is 0 Å². The molecule has 2 aliphatic rings. The first kappa shape index (κ1) is 17.8. The Balaban J connectivity index is 0.00000192. The van der Waals surface area contributed by atoms with Crippen molar-refractivity contribution in [2.75, 3.05) is 18.0 Å². The van der Waals surface area contributed by atoms with Gasteiger partial charge < -0.3 is 16.0 Å². The lowest BCUT2D eigenvalue weighted by molar-refractivity contribution is -0.125. The number of amides is 2. The van der Waals surface area contributed by atoms with E-state index in [1.54, 1.807) is 4.90 Å². The van der Waals surface area contributed by atoms with Gasteiger partial charge in [0.15, 0.2) is 0 Å². The van der Waals surface area contributed by atoms with Crippen LogP contribution in [0.4, 0.5) is 5.69 Å². The maximum Gasteiger partial charge on any atom is 0.246 e. The van der Waals surface area contributed by atoms with Crippen molar-refractivity contribution in [1.29, 1.82) is 0 Å². The van der Waals surface area contributed by atoms with Crippen molar-refractivity contribution in [2.24, 2.45) is 11.7 Å². The largest absolute Gasteiger partial charge is 0.347 e. The summed E-state index contributed by atoms with van der Waals surface area (Å²) in [5, 5.41) is 2.75. The van der Waals surface area contributed by atoms with E-state index < -0.39 is 0 Å². The molecule has 0 unspecified atom stereocenters. The first-order valence-electron chi connectivity index (χ1n) is 8.05. The number of hydrogen-bond acceptors (Lipinski definition) is 3. The zero-order chi connectivity index (χ0) is 15.5. The summed E-state index contributed by atoms with van der Waals surface area (Å²) in [5.41, 5.74) is 8.15. The lowest BCUT2D eigenvalue weighted by Crippen LogP contribution is -2.40. The monoisotopic (exact) mass is 337 g/mol. The summed E-state index contributed by atoms with van der Waals surface area (Å²) in [6, 6.07) is 8.05. The molecule has 1 aromatic rings. The van der Waals surface area contributed by atoms with Gasteiger partial charge in [0, 0.05) is 24.7 Å². The lowest BCUT2D eigenvalue weighted by Gasteiger charge is -2.18. The normalized spacial score (nSPS) is 22.4. The van der Waals surface area contributed by atoms with Gasteiger partial charge in [0.1, 0.15) is 0 Å². The highest BCUT2D eigenvalue weighted by atomic mass is 35.5. The minimum atomic E-state index is -0.0665. The highest BCUT2D eigenvalue weighted by Crippen LogP contribution is 2.28. The molecule has 1 aliphatic heterocycles. The SMILES string of the molecule is Cl.N[C@@H]1CCC[C@H]1CC(=O)NCC(=O)N1CCc2ccccc21. The summed E-state index contributed by atoms with van der Waals surface area (Å²) in [6.45, 7) is 0.761. The average Bonchev–Trinajstić information content (AvgIpc) is 3.12. The Labute approximate surface area is 143 Å². The van der Waals surface area contributed by atoms with E-state index in [1.165, 1.54) is 5.56 Å². The lowest BCUT2D eigenvalue weighted by atomic mass is 10.00. The Bertz CT molecular complexity index is 579. The van der Waals surface area contributed by atoms with E-state index in [1.807, 2.05) is 24.3 Å². The number of para-hydroxylation sites is 1. The van der Waals surface area contributed by atoms with Crippen molar-refractivity contribution in [3.05, 3.63) is 29.8 Å². The van der Waals surface area contributed by atoms with Crippen LogP contribution in [0.2, 0.25) is 0 Å². The standard InChI is InChI=1S/C17H23N3O2.ClH/c18-14-6-3-5-13(14)10-16(21)19-11-17(22)20-9-8-12-4-1-2-7-15(12)20;/h1-2,4,7,13-14H,3,5-6,8-11,18H2,(H,19,21);1H/t13-,14+;/m0./s1. The third-order valence-electron chi connectivity index (χ3n) is 4.79. The number of hydrogen-bond donors (Lipinski definition) is 2. The highest BCUT2D eigenvalue weighted by molar-refractivity contribution is 5.98.